The number of hydrogen-bond acceptors (Lipinski definition) is 4. The van der Waals surface area contributed by atoms with Crippen LogP contribution in [-0.2, 0) is 6.54 Å². The van der Waals surface area contributed by atoms with E-state index in [9.17, 15) is 0 Å². The van der Waals surface area contributed by atoms with Crippen LogP contribution in [0.15, 0.2) is 55.1 Å². The zero-order valence-corrected chi connectivity index (χ0v) is 11.2. The number of nitrogens with one attached hydrogen (secondary N) is 1. The second kappa shape index (κ2) is 5.63. The van der Waals surface area contributed by atoms with E-state index in [-0.39, 0.29) is 0 Å². The van der Waals surface area contributed by atoms with Crippen LogP contribution in [0.25, 0.3) is 17.1 Å². The van der Waals surface area contributed by atoms with Gasteiger partial charge in [-0.05, 0) is 12.6 Å². The van der Waals surface area contributed by atoms with Crippen LogP contribution in [0.1, 0.15) is 5.56 Å². The molecule has 0 aliphatic heterocycles. The molecule has 0 aliphatic carbocycles. The molecule has 0 saturated heterocycles. The summed E-state index contributed by atoms with van der Waals surface area (Å²) in [5.41, 5.74) is 3.23. The van der Waals surface area contributed by atoms with E-state index in [1.54, 1.807) is 4.68 Å². The third kappa shape index (κ3) is 2.57. The van der Waals surface area contributed by atoms with Crippen LogP contribution in [0.5, 0.6) is 0 Å². The Balaban J connectivity index is 1.86. The lowest BCUT2D eigenvalue weighted by Gasteiger charge is -2.01. The second-order valence-corrected chi connectivity index (χ2v) is 4.46. The summed E-state index contributed by atoms with van der Waals surface area (Å²) in [6.45, 7) is 0.759. The summed E-state index contributed by atoms with van der Waals surface area (Å²) < 4.78 is 1.69. The van der Waals surface area contributed by atoms with E-state index in [2.05, 4.69) is 32.5 Å². The van der Waals surface area contributed by atoms with E-state index in [0.29, 0.717) is 5.95 Å². The Kier molecular flexibility index (Phi) is 3.52. The minimum Gasteiger partial charge on any atom is -0.316 e. The van der Waals surface area contributed by atoms with E-state index >= 15 is 0 Å². The van der Waals surface area contributed by atoms with Crippen LogP contribution in [0.4, 0.5) is 0 Å². The van der Waals surface area contributed by atoms with E-state index in [1.165, 1.54) is 0 Å². The number of rotatable bonds is 4. The predicted octanol–water partition coefficient (Wildman–Crippen LogP) is 2.05. The minimum absolute atomic E-state index is 0.576. The Morgan fingerprint density at radius 1 is 1.00 bits per heavy atom. The standard InChI is InChI=1S/C15H15N5/c1-16-7-12-8-17-15(18-9-12)20-11-14(10-19-20)13-5-3-2-4-6-13/h2-6,8-11,16H,7H2,1H3. The highest BCUT2D eigenvalue weighted by Gasteiger charge is 2.05. The molecule has 0 bridgehead atoms. The Bertz CT molecular complexity index is 673. The summed E-state index contributed by atoms with van der Waals surface area (Å²) >= 11 is 0. The third-order valence-electron chi connectivity index (χ3n) is 2.97. The van der Waals surface area contributed by atoms with Gasteiger partial charge < -0.3 is 5.32 Å². The van der Waals surface area contributed by atoms with Crippen LogP contribution in [-0.4, -0.2) is 26.8 Å². The maximum absolute atomic E-state index is 4.32. The van der Waals surface area contributed by atoms with E-state index in [1.807, 2.05) is 50.0 Å². The summed E-state index contributed by atoms with van der Waals surface area (Å²) in [6.07, 6.45) is 7.37. The van der Waals surface area contributed by atoms with Crippen LogP contribution >= 0.6 is 0 Å². The van der Waals surface area contributed by atoms with Crippen molar-refractivity contribution >= 4 is 0 Å². The van der Waals surface area contributed by atoms with Crippen molar-refractivity contribution in [3.8, 4) is 17.1 Å². The second-order valence-electron chi connectivity index (χ2n) is 4.46. The van der Waals surface area contributed by atoms with Gasteiger partial charge in [-0.3, -0.25) is 0 Å². The first kappa shape index (κ1) is 12.5. The van der Waals surface area contributed by atoms with Gasteiger partial charge in [0.1, 0.15) is 0 Å². The van der Waals surface area contributed by atoms with Gasteiger partial charge in [-0.1, -0.05) is 30.3 Å². The Morgan fingerprint density at radius 2 is 1.75 bits per heavy atom. The third-order valence-corrected chi connectivity index (χ3v) is 2.97. The fourth-order valence-electron chi connectivity index (χ4n) is 1.97. The molecule has 100 valence electrons. The summed E-state index contributed by atoms with van der Waals surface area (Å²) in [7, 11) is 1.90. The molecule has 0 unspecified atom stereocenters. The van der Waals surface area contributed by atoms with E-state index in [0.717, 1.165) is 23.2 Å². The van der Waals surface area contributed by atoms with Gasteiger partial charge in [0, 0.05) is 36.3 Å². The molecule has 0 spiro atoms. The maximum atomic E-state index is 4.32. The van der Waals surface area contributed by atoms with Gasteiger partial charge >= 0.3 is 0 Å². The van der Waals surface area contributed by atoms with Crippen molar-refractivity contribution in [3.05, 3.63) is 60.7 Å². The molecule has 1 aromatic carbocycles. The molecule has 0 aliphatic rings. The van der Waals surface area contributed by atoms with Gasteiger partial charge in [-0.2, -0.15) is 5.10 Å². The Labute approximate surface area is 117 Å². The SMILES string of the molecule is CNCc1cnc(-n2cc(-c3ccccc3)cn2)nc1. The molecule has 2 aromatic heterocycles. The molecule has 20 heavy (non-hydrogen) atoms. The topological polar surface area (TPSA) is 55.6 Å². The first-order valence-corrected chi connectivity index (χ1v) is 6.43. The molecule has 0 fully saturated rings. The lowest BCUT2D eigenvalue weighted by atomic mass is 10.1. The van der Waals surface area contributed by atoms with Crippen LogP contribution in [0.3, 0.4) is 0 Å². The number of benzene rings is 1. The highest BCUT2D eigenvalue weighted by Crippen LogP contribution is 2.18. The molecular formula is C15H15N5. The van der Waals surface area contributed by atoms with Crippen molar-refractivity contribution < 1.29 is 0 Å². The summed E-state index contributed by atoms with van der Waals surface area (Å²) in [5.74, 6) is 0.576. The average molecular weight is 265 g/mol. The summed E-state index contributed by atoms with van der Waals surface area (Å²) in [6, 6.07) is 10.1. The van der Waals surface area contributed by atoms with Gasteiger partial charge in [0.25, 0.3) is 0 Å². The molecule has 0 saturated carbocycles. The number of aromatic nitrogens is 4. The average Bonchev–Trinajstić information content (AvgIpc) is 2.99. The van der Waals surface area contributed by atoms with E-state index in [4.69, 9.17) is 0 Å². The van der Waals surface area contributed by atoms with Crippen LogP contribution in [0, 0.1) is 0 Å². The highest BCUT2D eigenvalue weighted by molar-refractivity contribution is 5.61. The zero-order chi connectivity index (χ0) is 13.8. The lowest BCUT2D eigenvalue weighted by Crippen LogP contribution is -2.07. The van der Waals surface area contributed by atoms with Crippen molar-refractivity contribution in [2.24, 2.45) is 0 Å². The smallest absolute Gasteiger partial charge is 0.250 e. The van der Waals surface area contributed by atoms with Gasteiger partial charge in [-0.25, -0.2) is 14.6 Å². The highest BCUT2D eigenvalue weighted by atomic mass is 15.3. The molecule has 2 heterocycles. The van der Waals surface area contributed by atoms with Gasteiger partial charge in [0.05, 0.1) is 6.20 Å². The van der Waals surface area contributed by atoms with Gasteiger partial charge in [0.2, 0.25) is 5.95 Å². The zero-order valence-electron chi connectivity index (χ0n) is 11.2. The largest absolute Gasteiger partial charge is 0.316 e. The summed E-state index contributed by atoms with van der Waals surface area (Å²) in [4.78, 5) is 8.65. The quantitative estimate of drug-likeness (QED) is 0.784. The first-order valence-electron chi connectivity index (χ1n) is 6.43. The summed E-state index contributed by atoms with van der Waals surface area (Å²) in [5, 5.41) is 7.38. The fraction of sp³-hybridized carbons (Fsp3) is 0.133. The van der Waals surface area contributed by atoms with Crippen LogP contribution in [0.2, 0.25) is 0 Å². The molecule has 0 radical (unpaired) electrons. The first-order chi connectivity index (χ1) is 9.86. The molecule has 0 amide bonds. The van der Waals surface area contributed by atoms with Crippen molar-refractivity contribution in [1.82, 2.24) is 25.1 Å². The van der Waals surface area contributed by atoms with Crippen molar-refractivity contribution in [3.63, 3.8) is 0 Å². The molecule has 0 atom stereocenters. The van der Waals surface area contributed by atoms with Crippen molar-refractivity contribution in [2.75, 3.05) is 7.05 Å². The Morgan fingerprint density at radius 3 is 2.45 bits per heavy atom. The Hall–Kier alpha value is -2.53. The molecule has 5 nitrogen and oxygen atoms in total. The van der Waals surface area contributed by atoms with Gasteiger partial charge in [-0.15, -0.1) is 0 Å². The number of hydrogen-bond donors (Lipinski definition) is 1. The fourth-order valence-corrected chi connectivity index (χ4v) is 1.97. The molecule has 5 heteroatoms. The van der Waals surface area contributed by atoms with Crippen molar-refractivity contribution in [2.45, 2.75) is 6.54 Å². The molecular weight excluding hydrogens is 250 g/mol. The monoisotopic (exact) mass is 265 g/mol. The van der Waals surface area contributed by atoms with Crippen LogP contribution < -0.4 is 5.32 Å². The van der Waals surface area contributed by atoms with E-state index < -0.39 is 0 Å². The molecule has 3 aromatic rings. The number of nitrogens with zero attached hydrogens (tertiary/aromatic N) is 4. The minimum atomic E-state index is 0.576. The van der Waals surface area contributed by atoms with Gasteiger partial charge in [0.15, 0.2) is 0 Å². The molecule has 3 rings (SSSR count). The molecule has 1 N–H and O–H groups in total. The maximum Gasteiger partial charge on any atom is 0.250 e. The normalized spacial score (nSPS) is 10.7. The van der Waals surface area contributed by atoms with Crippen molar-refractivity contribution in [1.29, 1.82) is 0 Å². The lowest BCUT2D eigenvalue weighted by molar-refractivity contribution is 0.775. The predicted molar refractivity (Wildman–Crippen MR) is 77.4 cm³/mol.